The number of hydrogen-bond acceptors (Lipinski definition) is 4. The molecule has 0 aromatic heterocycles. The van der Waals surface area contributed by atoms with Gasteiger partial charge >= 0.3 is 0 Å². The number of para-hydroxylation sites is 2. The first-order chi connectivity index (χ1) is 11.1. The lowest BCUT2D eigenvalue weighted by Crippen LogP contribution is -2.26. The van der Waals surface area contributed by atoms with Crippen molar-refractivity contribution in [2.24, 2.45) is 5.10 Å². The summed E-state index contributed by atoms with van der Waals surface area (Å²) in [5.74, 6) is 0.460. The monoisotopic (exact) mass is 375 g/mol. The Kier molecular flexibility index (Phi) is 6.17. The first kappa shape index (κ1) is 17.0. The minimum atomic E-state index is -0.229. The molecular weight excluding hydrogens is 358 g/mol. The van der Waals surface area contributed by atoms with Gasteiger partial charge in [-0.15, -0.1) is 0 Å². The van der Waals surface area contributed by atoms with Crippen LogP contribution in [0.2, 0.25) is 0 Å². The molecule has 0 bridgehead atoms. The third kappa shape index (κ3) is 5.10. The molecule has 5 nitrogen and oxygen atoms in total. The van der Waals surface area contributed by atoms with Gasteiger partial charge in [0.25, 0.3) is 5.91 Å². The number of amides is 1. The topological polar surface area (TPSA) is 62.7 Å². The van der Waals surface area contributed by atoms with Crippen LogP contribution in [0.1, 0.15) is 12.5 Å². The second-order valence-corrected chi connectivity index (χ2v) is 5.71. The smallest absolute Gasteiger partial charge is 0.259 e. The molecule has 120 valence electrons. The number of nitrogens with one attached hydrogen (secondary N) is 2. The van der Waals surface area contributed by atoms with Crippen LogP contribution in [0.25, 0.3) is 0 Å². The van der Waals surface area contributed by atoms with Gasteiger partial charge in [-0.1, -0.05) is 40.2 Å². The summed E-state index contributed by atoms with van der Waals surface area (Å²) in [7, 11) is 1.59. The van der Waals surface area contributed by atoms with E-state index in [0.29, 0.717) is 5.75 Å². The highest BCUT2D eigenvalue weighted by atomic mass is 79.9. The molecule has 0 radical (unpaired) electrons. The number of carbonyl (C=O) groups is 1. The van der Waals surface area contributed by atoms with E-state index in [0.717, 1.165) is 21.4 Å². The number of ether oxygens (including phenoxy) is 1. The van der Waals surface area contributed by atoms with Crippen molar-refractivity contribution < 1.29 is 9.53 Å². The standard InChI is InChI=1S/C17H18BrN3O2/c1-12(13-7-9-14(18)10-8-13)20-21-17(22)11-19-15-5-3-4-6-16(15)23-2/h3-10,19H,11H2,1-2H3,(H,21,22). The van der Waals surface area contributed by atoms with E-state index in [1.54, 1.807) is 7.11 Å². The highest BCUT2D eigenvalue weighted by molar-refractivity contribution is 9.10. The minimum Gasteiger partial charge on any atom is -0.495 e. The van der Waals surface area contributed by atoms with Crippen molar-refractivity contribution in [3.63, 3.8) is 0 Å². The predicted octanol–water partition coefficient (Wildman–Crippen LogP) is 3.41. The molecular formula is C17H18BrN3O2. The molecule has 2 N–H and O–H groups in total. The molecule has 0 aliphatic carbocycles. The van der Waals surface area contributed by atoms with Gasteiger partial charge in [-0.25, -0.2) is 5.43 Å². The lowest BCUT2D eigenvalue weighted by molar-refractivity contribution is -0.119. The molecule has 0 unspecified atom stereocenters. The second-order valence-electron chi connectivity index (χ2n) is 4.79. The number of anilines is 1. The van der Waals surface area contributed by atoms with E-state index in [4.69, 9.17) is 4.74 Å². The van der Waals surface area contributed by atoms with Crippen molar-refractivity contribution in [3.05, 3.63) is 58.6 Å². The fourth-order valence-electron chi connectivity index (χ4n) is 1.91. The number of hydrazone groups is 1. The number of nitrogens with zero attached hydrogens (tertiary/aromatic N) is 1. The minimum absolute atomic E-state index is 0.109. The van der Waals surface area contributed by atoms with E-state index in [1.165, 1.54) is 0 Å². The number of halogens is 1. The fraction of sp³-hybridized carbons (Fsp3) is 0.176. The van der Waals surface area contributed by atoms with Gasteiger partial charge in [0.2, 0.25) is 0 Å². The molecule has 23 heavy (non-hydrogen) atoms. The van der Waals surface area contributed by atoms with Crippen molar-refractivity contribution >= 4 is 33.2 Å². The first-order valence-corrected chi connectivity index (χ1v) is 7.85. The Morgan fingerprint density at radius 2 is 1.87 bits per heavy atom. The molecule has 0 saturated carbocycles. The third-order valence-corrected chi connectivity index (χ3v) is 3.69. The maximum Gasteiger partial charge on any atom is 0.259 e. The third-order valence-electron chi connectivity index (χ3n) is 3.16. The van der Waals surface area contributed by atoms with E-state index < -0.39 is 0 Å². The average molecular weight is 376 g/mol. The Balaban J connectivity index is 1.89. The van der Waals surface area contributed by atoms with Crippen molar-refractivity contribution in [2.45, 2.75) is 6.92 Å². The summed E-state index contributed by atoms with van der Waals surface area (Å²) in [5.41, 5.74) is 4.99. The van der Waals surface area contributed by atoms with Gasteiger partial charge in [-0.3, -0.25) is 4.79 Å². The Bertz CT molecular complexity index is 699. The zero-order chi connectivity index (χ0) is 16.7. The number of hydrogen-bond donors (Lipinski definition) is 2. The Hall–Kier alpha value is -2.34. The van der Waals surface area contributed by atoms with Gasteiger partial charge in [0.1, 0.15) is 5.75 Å². The largest absolute Gasteiger partial charge is 0.495 e. The van der Waals surface area contributed by atoms with Crippen LogP contribution in [0.4, 0.5) is 5.69 Å². The van der Waals surface area contributed by atoms with Crippen LogP contribution >= 0.6 is 15.9 Å². The van der Waals surface area contributed by atoms with E-state index in [9.17, 15) is 4.79 Å². The molecule has 1 amide bonds. The molecule has 2 aromatic rings. The van der Waals surface area contributed by atoms with Gasteiger partial charge in [0.15, 0.2) is 0 Å². The van der Waals surface area contributed by atoms with Crippen molar-refractivity contribution in [3.8, 4) is 5.75 Å². The van der Waals surface area contributed by atoms with Gasteiger partial charge in [0, 0.05) is 4.47 Å². The SMILES string of the molecule is COc1ccccc1NCC(=O)NN=C(C)c1ccc(Br)cc1. The summed E-state index contributed by atoms with van der Waals surface area (Å²) in [6, 6.07) is 15.1. The Morgan fingerprint density at radius 3 is 2.57 bits per heavy atom. The van der Waals surface area contributed by atoms with Crippen LogP contribution in [-0.2, 0) is 4.79 Å². The first-order valence-electron chi connectivity index (χ1n) is 7.06. The predicted molar refractivity (Wildman–Crippen MR) is 96.0 cm³/mol. The number of methoxy groups -OCH3 is 1. The maximum atomic E-state index is 11.9. The average Bonchev–Trinajstić information content (AvgIpc) is 2.58. The van der Waals surface area contributed by atoms with Crippen LogP contribution in [0.15, 0.2) is 58.1 Å². The van der Waals surface area contributed by atoms with Gasteiger partial charge < -0.3 is 10.1 Å². The summed E-state index contributed by atoms with van der Waals surface area (Å²) < 4.78 is 6.22. The molecule has 0 heterocycles. The van der Waals surface area contributed by atoms with Crippen LogP contribution in [0.5, 0.6) is 5.75 Å². The van der Waals surface area contributed by atoms with Crippen LogP contribution in [0.3, 0.4) is 0 Å². The van der Waals surface area contributed by atoms with Crippen molar-refractivity contribution in [2.75, 3.05) is 19.0 Å². The van der Waals surface area contributed by atoms with Crippen molar-refractivity contribution in [1.82, 2.24) is 5.43 Å². The van der Waals surface area contributed by atoms with E-state index in [-0.39, 0.29) is 12.5 Å². The van der Waals surface area contributed by atoms with Gasteiger partial charge in [-0.05, 0) is 36.8 Å². The summed E-state index contributed by atoms with van der Waals surface area (Å²) in [4.78, 5) is 11.9. The van der Waals surface area contributed by atoms with E-state index in [1.807, 2.05) is 55.5 Å². The molecule has 0 aliphatic heterocycles. The number of benzene rings is 2. The summed E-state index contributed by atoms with van der Waals surface area (Å²) in [6.07, 6.45) is 0. The highest BCUT2D eigenvalue weighted by Gasteiger charge is 2.04. The van der Waals surface area contributed by atoms with Gasteiger partial charge in [-0.2, -0.15) is 5.10 Å². The number of carbonyl (C=O) groups excluding carboxylic acids is 1. The Labute approximate surface area is 143 Å². The molecule has 0 saturated heterocycles. The quantitative estimate of drug-likeness (QED) is 0.600. The Morgan fingerprint density at radius 1 is 1.17 bits per heavy atom. The second kappa shape index (κ2) is 8.33. The van der Waals surface area contributed by atoms with Crippen molar-refractivity contribution in [1.29, 1.82) is 0 Å². The maximum absolute atomic E-state index is 11.9. The summed E-state index contributed by atoms with van der Waals surface area (Å²) in [6.45, 7) is 1.95. The summed E-state index contributed by atoms with van der Waals surface area (Å²) in [5, 5.41) is 7.13. The van der Waals surface area contributed by atoms with E-state index in [2.05, 4.69) is 31.8 Å². The fourth-order valence-corrected chi connectivity index (χ4v) is 2.17. The zero-order valence-corrected chi connectivity index (χ0v) is 14.6. The normalized spacial score (nSPS) is 11.0. The molecule has 2 aromatic carbocycles. The molecule has 0 fully saturated rings. The molecule has 0 aliphatic rings. The molecule has 6 heteroatoms. The zero-order valence-electron chi connectivity index (χ0n) is 13.0. The van der Waals surface area contributed by atoms with Crippen LogP contribution in [-0.4, -0.2) is 25.3 Å². The van der Waals surface area contributed by atoms with E-state index >= 15 is 0 Å². The lowest BCUT2D eigenvalue weighted by Gasteiger charge is -2.10. The highest BCUT2D eigenvalue weighted by Crippen LogP contribution is 2.22. The lowest BCUT2D eigenvalue weighted by atomic mass is 10.1. The molecule has 2 rings (SSSR count). The number of rotatable bonds is 6. The molecule has 0 spiro atoms. The summed E-state index contributed by atoms with van der Waals surface area (Å²) >= 11 is 3.38. The molecule has 0 atom stereocenters. The van der Waals surface area contributed by atoms with Crippen LogP contribution in [0, 0.1) is 0 Å². The van der Waals surface area contributed by atoms with Crippen LogP contribution < -0.4 is 15.5 Å². The van der Waals surface area contributed by atoms with Gasteiger partial charge in [0.05, 0.1) is 25.1 Å².